The highest BCUT2D eigenvalue weighted by Gasteiger charge is 2.10. The van der Waals surface area contributed by atoms with Crippen molar-refractivity contribution in [2.24, 2.45) is 0 Å². The van der Waals surface area contributed by atoms with Crippen molar-refractivity contribution in [3.8, 4) is 0 Å². The summed E-state index contributed by atoms with van der Waals surface area (Å²) in [4.78, 5) is 14.5. The summed E-state index contributed by atoms with van der Waals surface area (Å²) in [7, 11) is 2.09. The third-order valence-corrected chi connectivity index (χ3v) is 3.95. The largest absolute Gasteiger partial charge is 0.385 e. The Balaban J connectivity index is 2.52. The lowest BCUT2D eigenvalue weighted by molar-refractivity contribution is 0.0947. The molecule has 0 saturated heterocycles. The maximum Gasteiger partial charge on any atom is 0.251 e. The van der Waals surface area contributed by atoms with Gasteiger partial charge >= 0.3 is 0 Å². The van der Waals surface area contributed by atoms with Crippen LogP contribution >= 0.6 is 0 Å². The summed E-state index contributed by atoms with van der Waals surface area (Å²) >= 11 is 0. The van der Waals surface area contributed by atoms with Gasteiger partial charge in [-0.25, -0.2) is 0 Å². The van der Waals surface area contributed by atoms with Crippen LogP contribution in [0.1, 0.15) is 43.1 Å². The number of rotatable bonds is 8. The lowest BCUT2D eigenvalue weighted by Gasteiger charge is -2.23. The van der Waals surface area contributed by atoms with Crippen LogP contribution in [-0.4, -0.2) is 43.5 Å². The molecule has 1 amide bonds. The fourth-order valence-corrected chi connectivity index (χ4v) is 2.21. The van der Waals surface area contributed by atoms with Crippen LogP contribution in [0.25, 0.3) is 0 Å². The number of aryl methyl sites for hydroxylation is 1. The highest BCUT2D eigenvalue weighted by atomic mass is 16.1. The maximum absolute atomic E-state index is 12.2. The molecule has 0 heterocycles. The fraction of sp³-hybridized carbons (Fsp3) is 0.588. The molecule has 2 N–H and O–H groups in total. The Morgan fingerprint density at radius 1 is 1.33 bits per heavy atom. The van der Waals surface area contributed by atoms with E-state index in [0.717, 1.165) is 36.3 Å². The SMILES string of the molecule is CCNc1ccc(C(=O)NCCN(C)C(C)CC)c(C)c1. The van der Waals surface area contributed by atoms with Crippen LogP contribution in [0, 0.1) is 6.92 Å². The summed E-state index contributed by atoms with van der Waals surface area (Å²) in [5.41, 5.74) is 2.81. The summed E-state index contributed by atoms with van der Waals surface area (Å²) in [5, 5.41) is 6.25. The molecule has 0 saturated carbocycles. The van der Waals surface area contributed by atoms with Gasteiger partial charge in [-0.15, -0.1) is 0 Å². The summed E-state index contributed by atoms with van der Waals surface area (Å²) < 4.78 is 0. The number of carbonyl (C=O) groups excluding carboxylic acids is 1. The molecule has 0 spiro atoms. The van der Waals surface area contributed by atoms with E-state index in [4.69, 9.17) is 0 Å². The minimum absolute atomic E-state index is 0.00750. The van der Waals surface area contributed by atoms with Gasteiger partial charge in [0.1, 0.15) is 0 Å². The van der Waals surface area contributed by atoms with E-state index in [1.165, 1.54) is 0 Å². The molecule has 4 nitrogen and oxygen atoms in total. The quantitative estimate of drug-likeness (QED) is 0.774. The molecule has 1 aromatic rings. The topological polar surface area (TPSA) is 44.4 Å². The number of amides is 1. The first-order valence-corrected chi connectivity index (χ1v) is 7.82. The predicted molar refractivity (Wildman–Crippen MR) is 90.1 cm³/mol. The maximum atomic E-state index is 12.2. The zero-order chi connectivity index (χ0) is 15.8. The van der Waals surface area contributed by atoms with Gasteiger partial charge < -0.3 is 15.5 Å². The standard InChI is InChI=1S/C17H29N3O/c1-6-14(4)20(5)11-10-19-17(21)16-9-8-15(18-7-2)12-13(16)3/h8-9,12,14,18H,6-7,10-11H2,1-5H3,(H,19,21). The zero-order valence-electron chi connectivity index (χ0n) is 14.0. The minimum atomic E-state index is 0.00750. The van der Waals surface area contributed by atoms with Gasteiger partial charge in [0, 0.05) is 36.9 Å². The van der Waals surface area contributed by atoms with Gasteiger partial charge in [0.15, 0.2) is 0 Å². The molecule has 0 bridgehead atoms. The van der Waals surface area contributed by atoms with E-state index in [-0.39, 0.29) is 5.91 Å². The molecule has 0 aliphatic carbocycles. The van der Waals surface area contributed by atoms with E-state index in [2.05, 4.69) is 43.4 Å². The van der Waals surface area contributed by atoms with Crippen LogP contribution in [-0.2, 0) is 0 Å². The molecule has 0 fully saturated rings. The molecule has 0 aromatic heterocycles. The second-order valence-corrected chi connectivity index (χ2v) is 5.55. The third-order valence-electron chi connectivity index (χ3n) is 3.95. The molecule has 0 aliphatic heterocycles. The minimum Gasteiger partial charge on any atom is -0.385 e. The Kier molecular flexibility index (Phi) is 7.23. The van der Waals surface area contributed by atoms with Crippen molar-refractivity contribution < 1.29 is 4.79 Å². The van der Waals surface area contributed by atoms with Crippen molar-refractivity contribution in [2.75, 3.05) is 32.0 Å². The Labute approximate surface area is 128 Å². The van der Waals surface area contributed by atoms with Crippen molar-refractivity contribution >= 4 is 11.6 Å². The second-order valence-electron chi connectivity index (χ2n) is 5.55. The molecular formula is C17H29N3O. The smallest absolute Gasteiger partial charge is 0.251 e. The summed E-state index contributed by atoms with van der Waals surface area (Å²) in [6.07, 6.45) is 1.12. The zero-order valence-corrected chi connectivity index (χ0v) is 14.0. The Morgan fingerprint density at radius 3 is 2.62 bits per heavy atom. The van der Waals surface area contributed by atoms with Gasteiger partial charge in [0.25, 0.3) is 5.91 Å². The van der Waals surface area contributed by atoms with Crippen LogP contribution in [0.4, 0.5) is 5.69 Å². The Morgan fingerprint density at radius 2 is 2.05 bits per heavy atom. The van der Waals surface area contributed by atoms with Crippen molar-refractivity contribution in [3.63, 3.8) is 0 Å². The second kappa shape index (κ2) is 8.67. The molecule has 4 heteroatoms. The molecule has 1 aromatic carbocycles. The number of benzene rings is 1. The lowest BCUT2D eigenvalue weighted by Crippen LogP contribution is -2.37. The van der Waals surface area contributed by atoms with Crippen molar-refractivity contribution in [1.29, 1.82) is 0 Å². The van der Waals surface area contributed by atoms with E-state index < -0.39 is 0 Å². The van der Waals surface area contributed by atoms with Crippen LogP contribution in [0.3, 0.4) is 0 Å². The van der Waals surface area contributed by atoms with Crippen LogP contribution in [0.15, 0.2) is 18.2 Å². The van der Waals surface area contributed by atoms with Crippen LogP contribution < -0.4 is 10.6 Å². The third kappa shape index (κ3) is 5.38. The van der Waals surface area contributed by atoms with Gasteiger partial charge in [0.2, 0.25) is 0 Å². The van der Waals surface area contributed by atoms with Crippen LogP contribution in [0.2, 0.25) is 0 Å². The molecule has 1 atom stereocenters. The molecule has 0 aliphatic rings. The first kappa shape index (κ1) is 17.5. The van der Waals surface area contributed by atoms with E-state index in [1.54, 1.807) is 0 Å². The van der Waals surface area contributed by atoms with E-state index in [9.17, 15) is 4.79 Å². The van der Waals surface area contributed by atoms with Gasteiger partial charge in [-0.3, -0.25) is 4.79 Å². The van der Waals surface area contributed by atoms with Crippen molar-refractivity contribution in [2.45, 2.75) is 40.2 Å². The van der Waals surface area contributed by atoms with Crippen molar-refractivity contribution in [3.05, 3.63) is 29.3 Å². The first-order valence-electron chi connectivity index (χ1n) is 7.82. The molecular weight excluding hydrogens is 262 g/mol. The number of likely N-dealkylation sites (N-methyl/N-ethyl adjacent to an activating group) is 1. The predicted octanol–water partition coefficient (Wildman–Crippen LogP) is 2.89. The number of anilines is 1. The normalized spacial score (nSPS) is 12.3. The monoisotopic (exact) mass is 291 g/mol. The summed E-state index contributed by atoms with van der Waals surface area (Å²) in [6, 6.07) is 6.41. The van der Waals surface area contributed by atoms with E-state index in [0.29, 0.717) is 12.6 Å². The summed E-state index contributed by atoms with van der Waals surface area (Å²) in [6.45, 7) is 10.8. The highest BCUT2D eigenvalue weighted by Crippen LogP contribution is 2.15. The molecule has 1 rings (SSSR count). The van der Waals surface area contributed by atoms with E-state index in [1.807, 2.05) is 25.1 Å². The Bertz CT molecular complexity index is 459. The fourth-order valence-electron chi connectivity index (χ4n) is 2.21. The molecule has 118 valence electrons. The van der Waals surface area contributed by atoms with Crippen molar-refractivity contribution in [1.82, 2.24) is 10.2 Å². The molecule has 1 unspecified atom stereocenters. The van der Waals surface area contributed by atoms with Gasteiger partial charge in [-0.2, -0.15) is 0 Å². The number of nitrogens with zero attached hydrogens (tertiary/aromatic N) is 1. The van der Waals surface area contributed by atoms with Gasteiger partial charge in [-0.1, -0.05) is 6.92 Å². The average molecular weight is 291 g/mol. The lowest BCUT2D eigenvalue weighted by atomic mass is 10.1. The molecule has 21 heavy (non-hydrogen) atoms. The van der Waals surface area contributed by atoms with E-state index >= 15 is 0 Å². The van der Waals surface area contributed by atoms with Gasteiger partial charge in [0.05, 0.1) is 0 Å². The van der Waals surface area contributed by atoms with Gasteiger partial charge in [-0.05, 0) is 58.0 Å². The number of hydrogen-bond donors (Lipinski definition) is 2. The Hall–Kier alpha value is -1.55. The summed E-state index contributed by atoms with van der Waals surface area (Å²) in [5.74, 6) is 0.00750. The number of carbonyl (C=O) groups is 1. The average Bonchev–Trinajstić information content (AvgIpc) is 2.46. The molecule has 0 radical (unpaired) electrons. The number of nitrogens with one attached hydrogen (secondary N) is 2. The number of hydrogen-bond acceptors (Lipinski definition) is 3. The highest BCUT2D eigenvalue weighted by molar-refractivity contribution is 5.96. The van der Waals surface area contributed by atoms with Crippen LogP contribution in [0.5, 0.6) is 0 Å². The first-order chi connectivity index (χ1) is 9.99.